The number of halogens is 2. The lowest BCUT2D eigenvalue weighted by atomic mass is 10.1. The molecule has 0 saturated carbocycles. The Hall–Kier alpha value is -2.63. The van der Waals surface area contributed by atoms with E-state index in [-0.39, 0.29) is 5.15 Å². The third-order valence-corrected chi connectivity index (χ3v) is 4.80. The highest BCUT2D eigenvalue weighted by Gasteiger charge is 2.19. The van der Waals surface area contributed by atoms with Gasteiger partial charge in [0.1, 0.15) is 5.15 Å². The van der Waals surface area contributed by atoms with Crippen molar-refractivity contribution in [2.45, 2.75) is 13.5 Å². The quantitative estimate of drug-likeness (QED) is 0.353. The van der Waals surface area contributed by atoms with Gasteiger partial charge in [0.15, 0.2) is 0 Å². The number of carbonyl (C=O) groups excluding carboxylic acids is 1. The van der Waals surface area contributed by atoms with E-state index in [4.69, 9.17) is 27.9 Å². The zero-order valence-corrected chi connectivity index (χ0v) is 16.0. The van der Waals surface area contributed by atoms with E-state index >= 15 is 0 Å². The van der Waals surface area contributed by atoms with E-state index in [0.717, 1.165) is 22.0 Å². The van der Waals surface area contributed by atoms with Crippen molar-refractivity contribution in [1.82, 2.24) is 14.5 Å². The first-order valence-corrected chi connectivity index (χ1v) is 9.17. The van der Waals surface area contributed by atoms with Crippen LogP contribution in [0.1, 0.15) is 22.8 Å². The van der Waals surface area contributed by atoms with Crippen molar-refractivity contribution in [3.8, 4) is 0 Å². The van der Waals surface area contributed by atoms with Crippen LogP contribution in [0.2, 0.25) is 10.2 Å². The van der Waals surface area contributed by atoms with E-state index < -0.39 is 5.97 Å². The van der Waals surface area contributed by atoms with Crippen molar-refractivity contribution in [3.63, 3.8) is 0 Å². The molecule has 0 N–H and O–H groups in total. The van der Waals surface area contributed by atoms with E-state index in [0.29, 0.717) is 29.1 Å². The summed E-state index contributed by atoms with van der Waals surface area (Å²) in [5, 5.41) is 2.43. The first-order chi connectivity index (χ1) is 13.1. The number of rotatable bonds is 4. The van der Waals surface area contributed by atoms with Crippen molar-refractivity contribution in [2.75, 3.05) is 6.61 Å². The third-order valence-electron chi connectivity index (χ3n) is 4.31. The summed E-state index contributed by atoms with van der Waals surface area (Å²) in [6.07, 6.45) is 5.01. The zero-order valence-electron chi connectivity index (χ0n) is 14.4. The lowest BCUT2D eigenvalue weighted by Crippen LogP contribution is -2.04. The minimum absolute atomic E-state index is 0.281. The predicted molar refractivity (Wildman–Crippen MR) is 107 cm³/mol. The molecule has 27 heavy (non-hydrogen) atoms. The molecule has 0 atom stereocenters. The van der Waals surface area contributed by atoms with Gasteiger partial charge in [0.05, 0.1) is 33.6 Å². The summed E-state index contributed by atoms with van der Waals surface area (Å²) < 4.78 is 7.13. The Morgan fingerprint density at radius 3 is 2.85 bits per heavy atom. The fraction of sp³-hybridized carbons (Fsp3) is 0.150. The second-order valence-electron chi connectivity index (χ2n) is 6.07. The number of fused-ring (bicyclic) bond motifs is 2. The van der Waals surface area contributed by atoms with Gasteiger partial charge < -0.3 is 9.30 Å². The summed E-state index contributed by atoms with van der Waals surface area (Å²) in [6.45, 7) is 2.62. The largest absolute Gasteiger partial charge is 0.462 e. The number of ether oxygens (including phenoxy) is 1. The Morgan fingerprint density at radius 2 is 2.04 bits per heavy atom. The molecule has 4 aromatic rings. The van der Waals surface area contributed by atoms with Gasteiger partial charge in [-0.15, -0.1) is 0 Å². The van der Waals surface area contributed by atoms with Crippen molar-refractivity contribution in [3.05, 3.63) is 70.2 Å². The molecule has 3 aromatic heterocycles. The van der Waals surface area contributed by atoms with Gasteiger partial charge in [-0.1, -0.05) is 29.3 Å². The monoisotopic (exact) mass is 399 g/mol. The number of carbonyl (C=O) groups is 1. The SMILES string of the molecule is CCOC(=O)c1cn(Cc2ccc3ncc(Cl)cc3c2)c2ccnc(Cl)c12. The van der Waals surface area contributed by atoms with E-state index in [1.165, 1.54) is 0 Å². The molecule has 1 aromatic carbocycles. The number of hydrogen-bond donors (Lipinski definition) is 0. The van der Waals surface area contributed by atoms with Gasteiger partial charge in [0.25, 0.3) is 0 Å². The highest BCUT2D eigenvalue weighted by molar-refractivity contribution is 6.35. The van der Waals surface area contributed by atoms with Crippen molar-refractivity contribution >= 4 is 51.0 Å². The Bertz CT molecular complexity index is 1170. The molecular weight excluding hydrogens is 385 g/mol. The average Bonchev–Trinajstić information content (AvgIpc) is 3.02. The summed E-state index contributed by atoms with van der Waals surface area (Å²) in [5.41, 5.74) is 3.16. The van der Waals surface area contributed by atoms with Crippen LogP contribution in [0.5, 0.6) is 0 Å². The lowest BCUT2D eigenvalue weighted by molar-refractivity contribution is 0.0528. The molecule has 0 aliphatic carbocycles. The zero-order chi connectivity index (χ0) is 19.0. The van der Waals surface area contributed by atoms with Gasteiger partial charge in [-0.05, 0) is 36.8 Å². The second-order valence-corrected chi connectivity index (χ2v) is 6.86. The van der Waals surface area contributed by atoms with Crippen LogP contribution >= 0.6 is 23.2 Å². The van der Waals surface area contributed by atoms with Crippen LogP contribution < -0.4 is 0 Å². The standard InChI is InChI=1S/C20H15Cl2N3O2/c1-2-27-20(26)15-11-25(17-5-6-23-19(22)18(15)17)10-12-3-4-16-13(7-12)8-14(21)9-24-16/h3-9,11H,2,10H2,1H3. The smallest absolute Gasteiger partial charge is 0.340 e. The lowest BCUT2D eigenvalue weighted by Gasteiger charge is -2.07. The molecule has 0 radical (unpaired) electrons. The summed E-state index contributed by atoms with van der Waals surface area (Å²) >= 11 is 12.3. The van der Waals surface area contributed by atoms with Gasteiger partial charge in [-0.3, -0.25) is 4.98 Å². The predicted octanol–water partition coefficient (Wildman–Crippen LogP) is 5.12. The molecule has 0 aliphatic rings. The van der Waals surface area contributed by atoms with Crippen LogP contribution in [0, 0.1) is 0 Å². The molecule has 0 bridgehead atoms. The third kappa shape index (κ3) is 3.36. The average molecular weight is 400 g/mol. The van der Waals surface area contributed by atoms with Gasteiger partial charge in [-0.2, -0.15) is 0 Å². The van der Waals surface area contributed by atoms with E-state index in [9.17, 15) is 4.79 Å². The van der Waals surface area contributed by atoms with E-state index in [1.54, 1.807) is 25.5 Å². The molecule has 7 heteroatoms. The van der Waals surface area contributed by atoms with Crippen LogP contribution in [-0.2, 0) is 11.3 Å². The fourth-order valence-electron chi connectivity index (χ4n) is 3.15. The molecule has 0 unspecified atom stereocenters. The van der Waals surface area contributed by atoms with Crippen molar-refractivity contribution in [2.24, 2.45) is 0 Å². The molecule has 4 rings (SSSR count). The molecule has 0 spiro atoms. The van der Waals surface area contributed by atoms with Gasteiger partial charge >= 0.3 is 5.97 Å². The summed E-state index contributed by atoms with van der Waals surface area (Å²) in [7, 11) is 0. The van der Waals surface area contributed by atoms with Gasteiger partial charge in [0.2, 0.25) is 0 Å². The molecule has 5 nitrogen and oxygen atoms in total. The number of pyridine rings is 2. The van der Waals surface area contributed by atoms with Crippen LogP contribution in [0.3, 0.4) is 0 Å². The maximum absolute atomic E-state index is 12.3. The second kappa shape index (κ2) is 7.18. The number of nitrogens with zero attached hydrogens (tertiary/aromatic N) is 3. The fourth-order valence-corrected chi connectivity index (χ4v) is 3.57. The van der Waals surface area contributed by atoms with Crippen molar-refractivity contribution in [1.29, 1.82) is 0 Å². The normalized spacial score (nSPS) is 11.2. The Balaban J connectivity index is 1.80. The molecule has 136 valence electrons. The van der Waals surface area contributed by atoms with Crippen LogP contribution in [0.4, 0.5) is 0 Å². The Labute approximate surface area is 165 Å². The maximum atomic E-state index is 12.3. The minimum Gasteiger partial charge on any atom is -0.462 e. The van der Waals surface area contributed by atoms with Crippen molar-refractivity contribution < 1.29 is 9.53 Å². The number of esters is 1. The summed E-state index contributed by atoms with van der Waals surface area (Å²) in [5.74, 6) is -0.411. The first-order valence-electron chi connectivity index (χ1n) is 8.41. The summed E-state index contributed by atoms with van der Waals surface area (Å²) in [6, 6.07) is 9.71. The highest BCUT2D eigenvalue weighted by atomic mass is 35.5. The summed E-state index contributed by atoms with van der Waals surface area (Å²) in [4.78, 5) is 20.8. The Kier molecular flexibility index (Phi) is 4.72. The number of aromatic nitrogens is 3. The Morgan fingerprint density at radius 1 is 1.19 bits per heavy atom. The van der Waals surface area contributed by atoms with Crippen LogP contribution in [-0.4, -0.2) is 27.1 Å². The van der Waals surface area contributed by atoms with Gasteiger partial charge in [-0.25, -0.2) is 9.78 Å². The first kappa shape index (κ1) is 17.8. The van der Waals surface area contributed by atoms with E-state index in [1.807, 2.05) is 34.9 Å². The molecule has 0 amide bonds. The van der Waals surface area contributed by atoms with E-state index in [2.05, 4.69) is 9.97 Å². The number of hydrogen-bond acceptors (Lipinski definition) is 4. The molecule has 0 fully saturated rings. The maximum Gasteiger partial charge on any atom is 0.340 e. The molecule has 0 aliphatic heterocycles. The molecule has 3 heterocycles. The van der Waals surface area contributed by atoms with Crippen LogP contribution in [0.15, 0.2) is 48.9 Å². The minimum atomic E-state index is -0.411. The molecule has 0 saturated heterocycles. The highest BCUT2D eigenvalue weighted by Crippen LogP contribution is 2.29. The topological polar surface area (TPSA) is 57.0 Å². The van der Waals surface area contributed by atoms with Crippen LogP contribution in [0.25, 0.3) is 21.8 Å². The molecular formula is C20H15Cl2N3O2. The van der Waals surface area contributed by atoms with Gasteiger partial charge in [0, 0.05) is 30.5 Å². The number of benzene rings is 1.